The van der Waals surface area contributed by atoms with Crippen molar-refractivity contribution in [2.24, 2.45) is 0 Å². The van der Waals surface area contributed by atoms with Crippen molar-refractivity contribution in [2.75, 3.05) is 13.1 Å². The van der Waals surface area contributed by atoms with Gasteiger partial charge in [0.1, 0.15) is 0 Å². The lowest BCUT2D eigenvalue weighted by atomic mass is 10.2. The summed E-state index contributed by atoms with van der Waals surface area (Å²) in [4.78, 5) is 27.5. The Hall–Kier alpha value is -2.11. The van der Waals surface area contributed by atoms with Crippen LogP contribution in [0.15, 0.2) is 42.7 Å². The molecule has 0 unspecified atom stereocenters. The number of hydrogen-bond donors (Lipinski definition) is 2. The molecule has 0 bridgehead atoms. The lowest BCUT2D eigenvalue weighted by Gasteiger charge is -2.08. The van der Waals surface area contributed by atoms with Gasteiger partial charge >= 0.3 is 0 Å². The van der Waals surface area contributed by atoms with Crippen molar-refractivity contribution < 1.29 is 9.59 Å². The molecule has 22 heavy (non-hydrogen) atoms. The number of carbonyl (C=O) groups is 2. The highest BCUT2D eigenvalue weighted by Gasteiger charge is 2.10. The number of halogens is 2. The maximum Gasteiger partial charge on any atom is 0.252 e. The van der Waals surface area contributed by atoms with Gasteiger partial charge in [0.05, 0.1) is 16.1 Å². The second-order valence-electron chi connectivity index (χ2n) is 4.38. The predicted molar refractivity (Wildman–Crippen MR) is 85.4 cm³/mol. The predicted octanol–water partition coefficient (Wildman–Crippen LogP) is 2.55. The number of nitrogens with zero attached hydrogens (tertiary/aromatic N) is 1. The van der Waals surface area contributed by atoms with Crippen molar-refractivity contribution in [3.8, 4) is 0 Å². The minimum Gasteiger partial charge on any atom is -0.350 e. The maximum absolute atomic E-state index is 11.9. The highest BCUT2D eigenvalue weighted by Crippen LogP contribution is 2.20. The van der Waals surface area contributed by atoms with Crippen molar-refractivity contribution in [3.05, 3.63) is 63.9 Å². The molecule has 5 nitrogen and oxygen atoms in total. The Morgan fingerprint density at radius 1 is 1.05 bits per heavy atom. The molecule has 0 saturated carbocycles. The Labute approximate surface area is 137 Å². The molecule has 0 aliphatic rings. The van der Waals surface area contributed by atoms with Crippen LogP contribution in [-0.2, 0) is 0 Å². The van der Waals surface area contributed by atoms with Crippen LogP contribution >= 0.6 is 23.2 Å². The summed E-state index contributed by atoms with van der Waals surface area (Å²) in [5.41, 5.74) is 0.805. The van der Waals surface area contributed by atoms with Crippen LogP contribution in [0.5, 0.6) is 0 Å². The summed E-state index contributed by atoms with van der Waals surface area (Å²) >= 11 is 11.7. The lowest BCUT2D eigenvalue weighted by Crippen LogP contribution is -2.34. The zero-order chi connectivity index (χ0) is 15.9. The van der Waals surface area contributed by atoms with Crippen molar-refractivity contribution in [2.45, 2.75) is 0 Å². The quantitative estimate of drug-likeness (QED) is 0.823. The van der Waals surface area contributed by atoms with Crippen LogP contribution in [-0.4, -0.2) is 29.9 Å². The van der Waals surface area contributed by atoms with E-state index in [-0.39, 0.29) is 23.4 Å². The molecule has 0 aliphatic heterocycles. The van der Waals surface area contributed by atoms with Crippen LogP contribution in [0.4, 0.5) is 0 Å². The molecule has 0 radical (unpaired) electrons. The van der Waals surface area contributed by atoms with E-state index in [0.717, 1.165) is 0 Å². The Morgan fingerprint density at radius 3 is 2.41 bits per heavy atom. The average molecular weight is 338 g/mol. The van der Waals surface area contributed by atoms with E-state index in [0.29, 0.717) is 22.7 Å². The van der Waals surface area contributed by atoms with Gasteiger partial charge < -0.3 is 10.6 Å². The van der Waals surface area contributed by atoms with Crippen LogP contribution in [0, 0.1) is 0 Å². The van der Waals surface area contributed by atoms with E-state index in [1.165, 1.54) is 12.3 Å². The molecule has 7 heteroatoms. The number of nitrogens with one attached hydrogen (secondary N) is 2. The second-order valence-corrected chi connectivity index (χ2v) is 5.22. The summed E-state index contributed by atoms with van der Waals surface area (Å²) in [5, 5.41) is 6.10. The molecule has 1 aromatic heterocycles. The normalized spacial score (nSPS) is 10.1. The third-order valence-corrected chi connectivity index (χ3v) is 3.34. The monoisotopic (exact) mass is 337 g/mol. The number of carbonyl (C=O) groups excluding carboxylic acids is 2. The molecule has 0 fully saturated rings. The zero-order valence-corrected chi connectivity index (χ0v) is 13.0. The second kappa shape index (κ2) is 7.77. The van der Waals surface area contributed by atoms with Gasteiger partial charge in [-0.1, -0.05) is 23.2 Å². The highest BCUT2D eigenvalue weighted by atomic mass is 35.5. The van der Waals surface area contributed by atoms with Gasteiger partial charge in [0, 0.05) is 30.5 Å². The van der Waals surface area contributed by atoms with E-state index in [2.05, 4.69) is 15.6 Å². The SMILES string of the molecule is O=C(NCCNC(=O)c1ccc(Cl)cc1Cl)c1cccnc1. The van der Waals surface area contributed by atoms with Gasteiger partial charge in [-0.3, -0.25) is 14.6 Å². The fraction of sp³-hybridized carbons (Fsp3) is 0.133. The molecule has 0 saturated heterocycles. The van der Waals surface area contributed by atoms with E-state index in [4.69, 9.17) is 23.2 Å². The zero-order valence-electron chi connectivity index (χ0n) is 11.5. The van der Waals surface area contributed by atoms with Crippen LogP contribution in [0.25, 0.3) is 0 Å². The molecule has 0 aliphatic carbocycles. The van der Waals surface area contributed by atoms with Gasteiger partial charge in [0.2, 0.25) is 0 Å². The van der Waals surface area contributed by atoms with Gasteiger partial charge in [-0.25, -0.2) is 0 Å². The molecule has 0 spiro atoms. The number of benzene rings is 1. The first-order chi connectivity index (χ1) is 10.6. The molecular formula is C15H13Cl2N3O2. The smallest absolute Gasteiger partial charge is 0.252 e. The van der Waals surface area contributed by atoms with Crippen molar-refractivity contribution in [1.29, 1.82) is 0 Å². The Kier molecular flexibility index (Phi) is 5.75. The molecule has 2 aromatic rings. The van der Waals surface area contributed by atoms with E-state index < -0.39 is 0 Å². The number of aromatic nitrogens is 1. The Morgan fingerprint density at radius 2 is 1.77 bits per heavy atom. The van der Waals surface area contributed by atoms with Gasteiger partial charge in [-0.2, -0.15) is 0 Å². The van der Waals surface area contributed by atoms with E-state index >= 15 is 0 Å². The van der Waals surface area contributed by atoms with Gasteiger partial charge in [0.15, 0.2) is 0 Å². The van der Waals surface area contributed by atoms with Crippen LogP contribution in [0.3, 0.4) is 0 Å². The fourth-order valence-electron chi connectivity index (χ4n) is 1.72. The topological polar surface area (TPSA) is 71.1 Å². The van der Waals surface area contributed by atoms with Crippen molar-refractivity contribution in [3.63, 3.8) is 0 Å². The van der Waals surface area contributed by atoms with E-state index in [1.807, 2.05) is 0 Å². The lowest BCUT2D eigenvalue weighted by molar-refractivity contribution is 0.0927. The van der Waals surface area contributed by atoms with Gasteiger partial charge in [-0.15, -0.1) is 0 Å². The molecule has 1 aromatic carbocycles. The number of pyridine rings is 1. The first-order valence-corrected chi connectivity index (χ1v) is 7.25. The highest BCUT2D eigenvalue weighted by molar-refractivity contribution is 6.36. The molecule has 0 atom stereocenters. The third kappa shape index (κ3) is 4.44. The molecule has 2 N–H and O–H groups in total. The summed E-state index contributed by atoms with van der Waals surface area (Å²) < 4.78 is 0. The number of rotatable bonds is 5. The first kappa shape index (κ1) is 16.3. The standard InChI is InChI=1S/C15H13Cl2N3O2/c16-11-3-4-12(13(17)8-11)15(22)20-7-6-19-14(21)10-2-1-5-18-9-10/h1-5,8-9H,6-7H2,(H,19,21)(H,20,22). The Balaban J connectivity index is 1.79. The van der Waals surface area contributed by atoms with E-state index in [1.54, 1.807) is 30.5 Å². The summed E-state index contributed by atoms with van der Waals surface area (Å²) in [7, 11) is 0. The molecular weight excluding hydrogens is 325 g/mol. The van der Waals surface area contributed by atoms with E-state index in [9.17, 15) is 9.59 Å². The van der Waals surface area contributed by atoms with Crippen LogP contribution in [0.1, 0.15) is 20.7 Å². The van der Waals surface area contributed by atoms with Crippen molar-refractivity contribution in [1.82, 2.24) is 15.6 Å². The summed E-state index contributed by atoms with van der Waals surface area (Å²) in [6.45, 7) is 0.578. The molecule has 1 heterocycles. The first-order valence-electron chi connectivity index (χ1n) is 6.49. The Bertz CT molecular complexity index is 678. The summed E-state index contributed by atoms with van der Waals surface area (Å²) in [6, 6.07) is 7.98. The summed E-state index contributed by atoms with van der Waals surface area (Å²) in [5.74, 6) is -0.566. The maximum atomic E-state index is 11.9. The fourth-order valence-corrected chi connectivity index (χ4v) is 2.21. The third-order valence-electron chi connectivity index (χ3n) is 2.80. The van der Waals surface area contributed by atoms with Crippen LogP contribution in [0.2, 0.25) is 10.0 Å². The molecule has 2 amide bonds. The van der Waals surface area contributed by atoms with Gasteiger partial charge in [-0.05, 0) is 30.3 Å². The number of hydrogen-bond acceptors (Lipinski definition) is 3. The number of amides is 2. The molecule has 114 valence electrons. The average Bonchev–Trinajstić information content (AvgIpc) is 2.52. The van der Waals surface area contributed by atoms with Crippen LogP contribution < -0.4 is 10.6 Å². The summed E-state index contributed by atoms with van der Waals surface area (Å²) in [6.07, 6.45) is 3.06. The van der Waals surface area contributed by atoms with Gasteiger partial charge in [0.25, 0.3) is 11.8 Å². The van der Waals surface area contributed by atoms with Crippen molar-refractivity contribution >= 4 is 35.0 Å². The minimum atomic E-state index is -0.322. The minimum absolute atomic E-state index is 0.244. The molecule has 2 rings (SSSR count). The largest absolute Gasteiger partial charge is 0.350 e.